The van der Waals surface area contributed by atoms with Gasteiger partial charge in [0.15, 0.2) is 0 Å². The Morgan fingerprint density at radius 2 is 1.78 bits per heavy atom. The van der Waals surface area contributed by atoms with Crippen LogP contribution in [0.2, 0.25) is 0 Å². The summed E-state index contributed by atoms with van der Waals surface area (Å²) in [5.74, 6) is 1.21. The summed E-state index contributed by atoms with van der Waals surface area (Å²) >= 11 is 0. The van der Waals surface area contributed by atoms with Crippen LogP contribution in [0.4, 0.5) is 0 Å². The first kappa shape index (κ1) is 12.6. The van der Waals surface area contributed by atoms with Gasteiger partial charge in [0.1, 0.15) is 5.75 Å². The van der Waals surface area contributed by atoms with Crippen molar-refractivity contribution < 1.29 is 4.74 Å². The summed E-state index contributed by atoms with van der Waals surface area (Å²) in [6.07, 6.45) is 4.53. The van der Waals surface area contributed by atoms with Gasteiger partial charge in [0.05, 0.1) is 6.61 Å². The van der Waals surface area contributed by atoms with E-state index in [1.807, 2.05) is 42.5 Å². The Balaban J connectivity index is 1.99. The van der Waals surface area contributed by atoms with Gasteiger partial charge in [-0.25, -0.2) is 0 Å². The molecule has 1 unspecified atom stereocenters. The maximum atomic E-state index is 5.80. The van der Waals surface area contributed by atoms with E-state index in [0.717, 1.165) is 12.2 Å². The molecule has 0 bridgehead atoms. The van der Waals surface area contributed by atoms with Crippen LogP contribution in [0.1, 0.15) is 17.9 Å². The molecule has 94 valence electrons. The molecule has 0 saturated heterocycles. The summed E-state index contributed by atoms with van der Waals surface area (Å²) in [4.78, 5) is 4.03. The summed E-state index contributed by atoms with van der Waals surface area (Å²) < 4.78 is 5.80. The highest BCUT2D eigenvalue weighted by atomic mass is 16.5. The zero-order chi connectivity index (χ0) is 12.6. The van der Waals surface area contributed by atoms with Crippen molar-refractivity contribution in [3.8, 4) is 5.75 Å². The van der Waals surface area contributed by atoms with Gasteiger partial charge >= 0.3 is 0 Å². The van der Waals surface area contributed by atoms with Gasteiger partial charge in [-0.3, -0.25) is 4.98 Å². The molecular formula is C15H18N2O. The Labute approximate surface area is 108 Å². The minimum Gasteiger partial charge on any atom is -0.493 e. The van der Waals surface area contributed by atoms with E-state index in [1.165, 1.54) is 5.56 Å². The van der Waals surface area contributed by atoms with Crippen LogP contribution >= 0.6 is 0 Å². The molecule has 0 aliphatic rings. The number of ether oxygens (including phenoxy) is 1. The number of hydrogen-bond acceptors (Lipinski definition) is 3. The van der Waals surface area contributed by atoms with Crippen LogP contribution in [-0.2, 0) is 0 Å². The lowest BCUT2D eigenvalue weighted by Gasteiger charge is -2.17. The first-order valence-corrected chi connectivity index (χ1v) is 6.18. The molecule has 0 amide bonds. The van der Waals surface area contributed by atoms with E-state index in [9.17, 15) is 0 Å². The van der Waals surface area contributed by atoms with Gasteiger partial charge in [0, 0.05) is 18.3 Å². The molecule has 0 saturated carbocycles. The van der Waals surface area contributed by atoms with Gasteiger partial charge < -0.3 is 10.5 Å². The number of nitrogens with two attached hydrogens (primary N) is 1. The van der Waals surface area contributed by atoms with Crippen LogP contribution in [0, 0.1) is 0 Å². The maximum Gasteiger partial charge on any atom is 0.119 e. The van der Waals surface area contributed by atoms with Crippen molar-refractivity contribution in [2.75, 3.05) is 13.2 Å². The van der Waals surface area contributed by atoms with Crippen molar-refractivity contribution in [3.63, 3.8) is 0 Å². The van der Waals surface area contributed by atoms with Crippen LogP contribution in [0.3, 0.4) is 0 Å². The fourth-order valence-corrected chi connectivity index (χ4v) is 1.90. The lowest BCUT2D eigenvalue weighted by molar-refractivity contribution is 0.283. The fraction of sp³-hybridized carbons (Fsp3) is 0.267. The molecule has 0 aliphatic carbocycles. The quantitative estimate of drug-likeness (QED) is 0.847. The molecule has 2 aromatic rings. The molecular weight excluding hydrogens is 224 g/mol. The van der Waals surface area contributed by atoms with E-state index in [-0.39, 0.29) is 0 Å². The smallest absolute Gasteiger partial charge is 0.119 e. The molecule has 1 atom stereocenters. The second-order valence-corrected chi connectivity index (χ2v) is 4.18. The third-order valence-electron chi connectivity index (χ3n) is 2.89. The highest BCUT2D eigenvalue weighted by Crippen LogP contribution is 2.20. The third-order valence-corrected chi connectivity index (χ3v) is 2.89. The molecule has 3 nitrogen and oxygen atoms in total. The Kier molecular flexibility index (Phi) is 4.73. The Hall–Kier alpha value is -1.87. The van der Waals surface area contributed by atoms with Gasteiger partial charge in [-0.05, 0) is 42.8 Å². The average Bonchev–Trinajstić information content (AvgIpc) is 2.45. The SMILES string of the molecule is NCCC(COc1ccccc1)c1ccncc1. The molecule has 0 fully saturated rings. The van der Waals surface area contributed by atoms with Gasteiger partial charge in [-0.15, -0.1) is 0 Å². The summed E-state index contributed by atoms with van der Waals surface area (Å²) in [5.41, 5.74) is 6.89. The predicted molar refractivity (Wildman–Crippen MR) is 72.6 cm³/mol. The zero-order valence-electron chi connectivity index (χ0n) is 10.3. The molecule has 0 spiro atoms. The van der Waals surface area contributed by atoms with Gasteiger partial charge in [-0.2, -0.15) is 0 Å². The summed E-state index contributed by atoms with van der Waals surface area (Å²) in [7, 11) is 0. The summed E-state index contributed by atoms with van der Waals surface area (Å²) in [5, 5.41) is 0. The molecule has 3 heteroatoms. The van der Waals surface area contributed by atoms with Crippen molar-refractivity contribution in [1.82, 2.24) is 4.98 Å². The van der Waals surface area contributed by atoms with E-state index in [1.54, 1.807) is 12.4 Å². The number of rotatable bonds is 6. The second-order valence-electron chi connectivity index (χ2n) is 4.18. The average molecular weight is 242 g/mol. The lowest BCUT2D eigenvalue weighted by atomic mass is 9.98. The number of aromatic nitrogens is 1. The number of benzene rings is 1. The summed E-state index contributed by atoms with van der Waals surface area (Å²) in [6, 6.07) is 13.9. The van der Waals surface area contributed by atoms with E-state index >= 15 is 0 Å². The second kappa shape index (κ2) is 6.77. The number of pyridine rings is 1. The fourth-order valence-electron chi connectivity index (χ4n) is 1.90. The van der Waals surface area contributed by atoms with Gasteiger partial charge in [0.25, 0.3) is 0 Å². The van der Waals surface area contributed by atoms with Crippen LogP contribution in [0.15, 0.2) is 54.9 Å². The monoisotopic (exact) mass is 242 g/mol. The number of para-hydroxylation sites is 1. The number of hydrogen-bond donors (Lipinski definition) is 1. The lowest BCUT2D eigenvalue weighted by Crippen LogP contribution is -2.15. The normalized spacial score (nSPS) is 12.1. The van der Waals surface area contributed by atoms with Gasteiger partial charge in [0.2, 0.25) is 0 Å². The Morgan fingerprint density at radius 1 is 1.06 bits per heavy atom. The van der Waals surface area contributed by atoms with Gasteiger partial charge in [-0.1, -0.05) is 18.2 Å². The Bertz CT molecular complexity index is 445. The van der Waals surface area contributed by atoms with E-state index in [2.05, 4.69) is 4.98 Å². The van der Waals surface area contributed by atoms with E-state index in [4.69, 9.17) is 10.5 Å². The van der Waals surface area contributed by atoms with Crippen LogP contribution in [-0.4, -0.2) is 18.1 Å². The van der Waals surface area contributed by atoms with E-state index in [0.29, 0.717) is 19.1 Å². The third kappa shape index (κ3) is 3.57. The highest BCUT2D eigenvalue weighted by molar-refractivity contribution is 5.22. The van der Waals surface area contributed by atoms with Crippen molar-refractivity contribution in [3.05, 3.63) is 60.4 Å². The van der Waals surface area contributed by atoms with Crippen LogP contribution in [0.25, 0.3) is 0 Å². The molecule has 1 aromatic heterocycles. The molecule has 2 N–H and O–H groups in total. The Morgan fingerprint density at radius 3 is 2.44 bits per heavy atom. The molecule has 1 aromatic carbocycles. The molecule has 18 heavy (non-hydrogen) atoms. The minimum absolute atomic E-state index is 0.318. The molecule has 2 rings (SSSR count). The highest BCUT2D eigenvalue weighted by Gasteiger charge is 2.11. The molecule has 0 aliphatic heterocycles. The number of nitrogens with zero attached hydrogens (tertiary/aromatic N) is 1. The predicted octanol–water partition coefficient (Wildman–Crippen LogP) is 2.59. The largest absolute Gasteiger partial charge is 0.493 e. The van der Waals surface area contributed by atoms with Crippen LogP contribution in [0.5, 0.6) is 5.75 Å². The topological polar surface area (TPSA) is 48.1 Å². The minimum atomic E-state index is 0.318. The standard InChI is InChI=1S/C15H18N2O/c16-9-6-14(13-7-10-17-11-8-13)12-18-15-4-2-1-3-5-15/h1-5,7-8,10-11,14H,6,9,12,16H2. The van der Waals surface area contributed by atoms with Crippen LogP contribution < -0.4 is 10.5 Å². The summed E-state index contributed by atoms with van der Waals surface area (Å²) in [6.45, 7) is 1.30. The zero-order valence-corrected chi connectivity index (χ0v) is 10.3. The first-order valence-electron chi connectivity index (χ1n) is 6.18. The maximum absolute atomic E-state index is 5.80. The van der Waals surface area contributed by atoms with Crippen molar-refractivity contribution >= 4 is 0 Å². The van der Waals surface area contributed by atoms with E-state index < -0.39 is 0 Å². The van der Waals surface area contributed by atoms with Crippen molar-refractivity contribution in [2.24, 2.45) is 5.73 Å². The first-order chi connectivity index (χ1) is 8.90. The van der Waals surface area contributed by atoms with Crippen molar-refractivity contribution in [1.29, 1.82) is 0 Å². The molecule has 0 radical (unpaired) electrons. The molecule has 1 heterocycles. The van der Waals surface area contributed by atoms with Crippen molar-refractivity contribution in [2.45, 2.75) is 12.3 Å².